The van der Waals surface area contributed by atoms with Crippen molar-refractivity contribution in [2.24, 2.45) is 0 Å². The Kier molecular flexibility index (Phi) is 6.49. The van der Waals surface area contributed by atoms with Gasteiger partial charge in [-0.15, -0.1) is 0 Å². The first-order valence-electron chi connectivity index (χ1n) is 9.47. The molecule has 0 aliphatic carbocycles. The lowest BCUT2D eigenvalue weighted by Crippen LogP contribution is -2.32. The van der Waals surface area contributed by atoms with Gasteiger partial charge in [0.2, 0.25) is 5.91 Å². The number of benzene rings is 2. The largest absolute Gasteiger partial charge is 0.493 e. The van der Waals surface area contributed by atoms with Gasteiger partial charge >= 0.3 is 0 Å². The average molecular weight is 395 g/mol. The molecule has 0 saturated carbocycles. The van der Waals surface area contributed by atoms with Crippen LogP contribution in [0.15, 0.2) is 47.3 Å². The van der Waals surface area contributed by atoms with Crippen molar-refractivity contribution in [2.75, 3.05) is 20.8 Å². The summed E-state index contributed by atoms with van der Waals surface area (Å²) in [6.45, 7) is 2.47. The lowest BCUT2D eigenvalue weighted by Gasteiger charge is -2.13. The van der Waals surface area contributed by atoms with E-state index in [0.29, 0.717) is 54.2 Å². The Balaban J connectivity index is 1.68. The molecule has 0 atom stereocenters. The lowest BCUT2D eigenvalue weighted by atomic mass is 10.1. The summed E-state index contributed by atoms with van der Waals surface area (Å²) in [5.74, 6) is 1.53. The van der Waals surface area contributed by atoms with Crippen molar-refractivity contribution in [3.8, 4) is 11.5 Å². The fourth-order valence-electron chi connectivity index (χ4n) is 3.22. The number of hydrogen-bond donors (Lipinski definition) is 1. The van der Waals surface area contributed by atoms with Crippen molar-refractivity contribution in [2.45, 2.75) is 26.3 Å². The van der Waals surface area contributed by atoms with Gasteiger partial charge in [0, 0.05) is 25.6 Å². The summed E-state index contributed by atoms with van der Waals surface area (Å²) in [6, 6.07) is 13.2. The number of nitrogens with one attached hydrogen (secondary N) is 1. The molecule has 7 nitrogen and oxygen atoms in total. The van der Waals surface area contributed by atoms with Crippen LogP contribution in [-0.2, 0) is 17.8 Å². The average Bonchev–Trinajstić information content (AvgIpc) is 2.74. The van der Waals surface area contributed by atoms with Crippen molar-refractivity contribution < 1.29 is 14.3 Å². The monoisotopic (exact) mass is 395 g/mol. The maximum atomic E-state index is 12.9. The number of rotatable bonds is 8. The number of methoxy groups -OCH3 is 2. The van der Waals surface area contributed by atoms with Gasteiger partial charge in [-0.3, -0.25) is 14.2 Å². The molecule has 0 spiro atoms. The van der Waals surface area contributed by atoms with E-state index < -0.39 is 0 Å². The molecule has 0 fully saturated rings. The van der Waals surface area contributed by atoms with Gasteiger partial charge in [-0.1, -0.05) is 30.3 Å². The number of ether oxygens (including phenoxy) is 2. The minimum atomic E-state index is -0.174. The van der Waals surface area contributed by atoms with Crippen LogP contribution in [0.1, 0.15) is 17.8 Å². The summed E-state index contributed by atoms with van der Waals surface area (Å²) in [6.07, 6.45) is 1.09. The zero-order chi connectivity index (χ0) is 20.8. The maximum absolute atomic E-state index is 12.9. The lowest BCUT2D eigenvalue weighted by molar-refractivity contribution is -0.121. The zero-order valence-electron chi connectivity index (χ0n) is 16.9. The van der Waals surface area contributed by atoms with Crippen molar-refractivity contribution in [3.05, 3.63) is 64.2 Å². The van der Waals surface area contributed by atoms with Crippen LogP contribution in [0.4, 0.5) is 0 Å². The summed E-state index contributed by atoms with van der Waals surface area (Å²) in [5.41, 5.74) is 1.50. The van der Waals surface area contributed by atoms with E-state index in [1.54, 1.807) is 23.6 Å². The van der Waals surface area contributed by atoms with E-state index in [-0.39, 0.29) is 11.5 Å². The van der Waals surface area contributed by atoms with E-state index in [0.717, 1.165) is 5.56 Å². The molecule has 7 heteroatoms. The van der Waals surface area contributed by atoms with Crippen LogP contribution in [0.25, 0.3) is 10.9 Å². The molecule has 2 aromatic carbocycles. The molecule has 29 heavy (non-hydrogen) atoms. The summed E-state index contributed by atoms with van der Waals surface area (Å²) in [7, 11) is 3.06. The highest BCUT2D eigenvalue weighted by atomic mass is 16.5. The molecule has 1 aromatic heterocycles. The number of aryl methyl sites for hydroxylation is 2. The van der Waals surface area contributed by atoms with Gasteiger partial charge < -0.3 is 14.8 Å². The molecule has 1 amide bonds. The zero-order valence-corrected chi connectivity index (χ0v) is 16.9. The highest BCUT2D eigenvalue weighted by Crippen LogP contribution is 2.30. The molecular formula is C22H25N3O4. The van der Waals surface area contributed by atoms with E-state index in [4.69, 9.17) is 9.47 Å². The van der Waals surface area contributed by atoms with Crippen molar-refractivity contribution in [1.82, 2.24) is 14.9 Å². The minimum Gasteiger partial charge on any atom is -0.493 e. The van der Waals surface area contributed by atoms with Crippen molar-refractivity contribution in [1.29, 1.82) is 0 Å². The van der Waals surface area contributed by atoms with E-state index >= 15 is 0 Å². The molecule has 3 rings (SSSR count). The minimum absolute atomic E-state index is 0.0419. The molecule has 0 saturated heterocycles. The Hall–Kier alpha value is -3.35. The predicted molar refractivity (Wildman–Crippen MR) is 112 cm³/mol. The summed E-state index contributed by atoms with van der Waals surface area (Å²) in [4.78, 5) is 29.5. The predicted octanol–water partition coefficient (Wildman–Crippen LogP) is 2.47. The summed E-state index contributed by atoms with van der Waals surface area (Å²) < 4.78 is 12.1. The van der Waals surface area contributed by atoms with E-state index in [1.165, 1.54) is 14.2 Å². The van der Waals surface area contributed by atoms with Gasteiger partial charge in [-0.2, -0.15) is 0 Å². The maximum Gasteiger partial charge on any atom is 0.261 e. The first-order valence-corrected chi connectivity index (χ1v) is 9.47. The first kappa shape index (κ1) is 20.4. The van der Waals surface area contributed by atoms with Gasteiger partial charge in [-0.25, -0.2) is 4.98 Å². The van der Waals surface area contributed by atoms with Crippen LogP contribution >= 0.6 is 0 Å². The number of nitrogens with zero attached hydrogens (tertiary/aromatic N) is 2. The Morgan fingerprint density at radius 1 is 1.10 bits per heavy atom. The third-order valence-electron chi connectivity index (χ3n) is 4.79. The quantitative estimate of drug-likeness (QED) is 0.634. The first-order chi connectivity index (χ1) is 14.0. The Bertz CT molecular complexity index is 1060. The third kappa shape index (κ3) is 4.74. The normalized spacial score (nSPS) is 10.7. The van der Waals surface area contributed by atoms with Crippen LogP contribution in [-0.4, -0.2) is 36.2 Å². The Labute approximate surface area is 169 Å². The molecular weight excluding hydrogens is 370 g/mol. The number of hydrogen-bond acceptors (Lipinski definition) is 5. The van der Waals surface area contributed by atoms with Crippen molar-refractivity contribution >= 4 is 16.8 Å². The molecule has 1 N–H and O–H groups in total. The standard InChI is InChI=1S/C22H25N3O4/c1-15-24-18-14-20(29-3)19(28-2)13-17(18)22(27)25(15)12-11-23-21(26)10-9-16-7-5-4-6-8-16/h4-8,13-14H,9-12H2,1-3H3,(H,23,26). The van der Waals surface area contributed by atoms with Crippen LogP contribution in [0.5, 0.6) is 11.5 Å². The van der Waals surface area contributed by atoms with Crippen molar-refractivity contribution in [3.63, 3.8) is 0 Å². The van der Waals surface area contributed by atoms with E-state index in [2.05, 4.69) is 10.3 Å². The van der Waals surface area contributed by atoms with Gasteiger partial charge in [0.25, 0.3) is 5.56 Å². The number of amides is 1. The molecule has 0 aliphatic heterocycles. The van der Waals surface area contributed by atoms with Gasteiger partial charge in [0.05, 0.1) is 25.1 Å². The summed E-state index contributed by atoms with van der Waals surface area (Å²) >= 11 is 0. The van der Waals surface area contributed by atoms with E-state index in [1.807, 2.05) is 30.3 Å². The number of fused-ring (bicyclic) bond motifs is 1. The van der Waals surface area contributed by atoms with Crippen LogP contribution < -0.4 is 20.3 Å². The fourth-order valence-corrected chi connectivity index (χ4v) is 3.22. The molecule has 3 aromatic rings. The smallest absolute Gasteiger partial charge is 0.261 e. The molecule has 0 bridgehead atoms. The topological polar surface area (TPSA) is 82.5 Å². The second kappa shape index (κ2) is 9.23. The Morgan fingerprint density at radius 2 is 1.79 bits per heavy atom. The van der Waals surface area contributed by atoms with Gasteiger partial charge in [-0.05, 0) is 25.0 Å². The molecule has 0 aliphatic rings. The third-order valence-corrected chi connectivity index (χ3v) is 4.79. The number of carbonyl (C=O) groups is 1. The Morgan fingerprint density at radius 3 is 2.48 bits per heavy atom. The molecule has 152 valence electrons. The molecule has 0 radical (unpaired) electrons. The van der Waals surface area contributed by atoms with Gasteiger partial charge in [0.1, 0.15) is 5.82 Å². The van der Waals surface area contributed by atoms with Crippen LogP contribution in [0.2, 0.25) is 0 Å². The second-order valence-corrected chi connectivity index (χ2v) is 6.68. The molecule has 0 unspecified atom stereocenters. The van der Waals surface area contributed by atoms with Crippen LogP contribution in [0.3, 0.4) is 0 Å². The second-order valence-electron chi connectivity index (χ2n) is 6.68. The SMILES string of the molecule is COc1cc2nc(C)n(CCNC(=O)CCc3ccccc3)c(=O)c2cc1OC. The number of aromatic nitrogens is 2. The summed E-state index contributed by atoms with van der Waals surface area (Å²) in [5, 5.41) is 3.32. The molecule has 1 heterocycles. The van der Waals surface area contributed by atoms with Gasteiger partial charge in [0.15, 0.2) is 11.5 Å². The van der Waals surface area contributed by atoms with E-state index in [9.17, 15) is 9.59 Å². The van der Waals surface area contributed by atoms with Crippen LogP contribution in [0, 0.1) is 6.92 Å². The fraction of sp³-hybridized carbons (Fsp3) is 0.318. The highest BCUT2D eigenvalue weighted by molar-refractivity contribution is 5.82. The number of carbonyl (C=O) groups excluding carboxylic acids is 1. The highest BCUT2D eigenvalue weighted by Gasteiger charge is 2.13.